The highest BCUT2D eigenvalue weighted by molar-refractivity contribution is 7.80. The van der Waals surface area contributed by atoms with Crippen LogP contribution in [-0.4, -0.2) is 11.5 Å². The van der Waals surface area contributed by atoms with Gasteiger partial charge in [0, 0.05) is 10.6 Å². The number of thiocarbonyl (C=S) groups is 1. The molecule has 0 aliphatic carbocycles. The Morgan fingerprint density at radius 3 is 2.33 bits per heavy atom. The van der Waals surface area contributed by atoms with E-state index in [1.807, 2.05) is 17.5 Å². The molecular formula is C16H17F3N2OS2. The fourth-order valence-corrected chi connectivity index (χ4v) is 3.28. The third-order valence-corrected chi connectivity index (χ3v) is 4.32. The summed E-state index contributed by atoms with van der Waals surface area (Å²) >= 11 is 6.94. The average molecular weight is 374 g/mol. The van der Waals surface area contributed by atoms with Crippen molar-refractivity contribution in [3.8, 4) is 5.75 Å². The van der Waals surface area contributed by atoms with Gasteiger partial charge in [-0.15, -0.1) is 24.5 Å². The van der Waals surface area contributed by atoms with E-state index in [0.29, 0.717) is 16.7 Å². The van der Waals surface area contributed by atoms with E-state index in [-0.39, 0.29) is 11.8 Å². The Balaban J connectivity index is 1.96. The molecule has 0 radical (unpaired) electrons. The number of halogens is 3. The number of anilines is 1. The third-order valence-electron chi connectivity index (χ3n) is 3.15. The zero-order valence-corrected chi connectivity index (χ0v) is 14.7. The molecule has 3 nitrogen and oxygen atoms in total. The molecule has 0 aliphatic heterocycles. The number of thiophene rings is 1. The van der Waals surface area contributed by atoms with E-state index < -0.39 is 6.36 Å². The minimum atomic E-state index is -4.70. The maximum Gasteiger partial charge on any atom is 0.573 e. The zero-order chi connectivity index (χ0) is 17.7. The Labute approximate surface area is 147 Å². The van der Waals surface area contributed by atoms with Gasteiger partial charge >= 0.3 is 6.36 Å². The highest BCUT2D eigenvalue weighted by Crippen LogP contribution is 2.26. The van der Waals surface area contributed by atoms with Gasteiger partial charge in [0.15, 0.2) is 5.11 Å². The monoisotopic (exact) mass is 374 g/mol. The van der Waals surface area contributed by atoms with E-state index in [1.54, 1.807) is 11.3 Å². The second kappa shape index (κ2) is 7.85. The van der Waals surface area contributed by atoms with Crippen LogP contribution in [-0.2, 0) is 0 Å². The van der Waals surface area contributed by atoms with Gasteiger partial charge < -0.3 is 15.4 Å². The quantitative estimate of drug-likeness (QED) is 0.693. The summed E-state index contributed by atoms with van der Waals surface area (Å²) in [5.74, 6) is 0.0523. The van der Waals surface area contributed by atoms with Crippen molar-refractivity contribution in [2.75, 3.05) is 5.32 Å². The molecule has 2 rings (SSSR count). The van der Waals surface area contributed by atoms with E-state index in [0.717, 1.165) is 0 Å². The lowest BCUT2D eigenvalue weighted by Gasteiger charge is -2.23. The standard InChI is InChI=1S/C16H17F3N2OS2/c1-10(2)14(13-4-3-9-24-13)21-15(23)20-11-5-7-12(8-6-11)22-16(17,18)19/h3-10,14H,1-2H3,(H2,20,21,23)/t14-/m0/s1. The zero-order valence-electron chi connectivity index (χ0n) is 13.1. The van der Waals surface area contributed by atoms with Gasteiger partial charge in [-0.05, 0) is 53.8 Å². The van der Waals surface area contributed by atoms with Gasteiger partial charge in [0.25, 0.3) is 0 Å². The summed E-state index contributed by atoms with van der Waals surface area (Å²) in [6.07, 6.45) is -4.70. The largest absolute Gasteiger partial charge is 0.573 e. The number of benzene rings is 1. The summed E-state index contributed by atoms with van der Waals surface area (Å²) in [6, 6.07) is 9.50. The number of alkyl halides is 3. The predicted octanol–water partition coefficient (Wildman–Crippen LogP) is 5.33. The molecule has 130 valence electrons. The van der Waals surface area contributed by atoms with Crippen molar-refractivity contribution in [2.45, 2.75) is 26.3 Å². The molecular weight excluding hydrogens is 357 g/mol. The normalized spacial score (nSPS) is 12.8. The number of hydrogen-bond acceptors (Lipinski definition) is 3. The Morgan fingerprint density at radius 2 is 1.83 bits per heavy atom. The lowest BCUT2D eigenvalue weighted by Crippen LogP contribution is -2.34. The van der Waals surface area contributed by atoms with Gasteiger partial charge in [0.1, 0.15) is 5.75 Å². The van der Waals surface area contributed by atoms with Crippen molar-refractivity contribution in [3.05, 3.63) is 46.7 Å². The van der Waals surface area contributed by atoms with Crippen LogP contribution in [0.25, 0.3) is 0 Å². The number of rotatable bonds is 5. The second-order valence-corrected chi connectivity index (χ2v) is 6.80. The SMILES string of the molecule is CC(C)[C@H](NC(=S)Nc1ccc(OC(F)(F)F)cc1)c1cccs1. The molecule has 0 unspecified atom stereocenters. The minimum Gasteiger partial charge on any atom is -0.406 e. The number of ether oxygens (including phenoxy) is 1. The summed E-state index contributed by atoms with van der Waals surface area (Å²) in [5.41, 5.74) is 0.579. The third kappa shape index (κ3) is 5.68. The first-order chi connectivity index (χ1) is 11.2. The first-order valence-electron chi connectivity index (χ1n) is 7.21. The molecule has 1 aromatic heterocycles. The van der Waals surface area contributed by atoms with Crippen LogP contribution < -0.4 is 15.4 Å². The predicted molar refractivity (Wildman–Crippen MR) is 94.4 cm³/mol. The highest BCUT2D eigenvalue weighted by Gasteiger charge is 2.30. The van der Waals surface area contributed by atoms with Gasteiger partial charge in [-0.3, -0.25) is 0 Å². The number of hydrogen-bond donors (Lipinski definition) is 2. The molecule has 0 saturated carbocycles. The first kappa shape index (κ1) is 18.5. The molecule has 0 amide bonds. The minimum absolute atomic E-state index is 0.0674. The van der Waals surface area contributed by atoms with Gasteiger partial charge in [-0.25, -0.2) is 0 Å². The van der Waals surface area contributed by atoms with Crippen LogP contribution in [0.5, 0.6) is 5.75 Å². The van der Waals surface area contributed by atoms with Crippen molar-refractivity contribution >= 4 is 34.4 Å². The van der Waals surface area contributed by atoms with Crippen LogP contribution >= 0.6 is 23.6 Å². The molecule has 1 heterocycles. The van der Waals surface area contributed by atoms with Crippen molar-refractivity contribution in [3.63, 3.8) is 0 Å². The molecule has 24 heavy (non-hydrogen) atoms. The Morgan fingerprint density at radius 1 is 1.17 bits per heavy atom. The van der Waals surface area contributed by atoms with Crippen molar-refractivity contribution in [2.24, 2.45) is 5.92 Å². The van der Waals surface area contributed by atoms with Crippen LogP contribution in [0.15, 0.2) is 41.8 Å². The summed E-state index contributed by atoms with van der Waals surface area (Å²) < 4.78 is 40.2. The summed E-state index contributed by atoms with van der Waals surface area (Å²) in [7, 11) is 0. The van der Waals surface area contributed by atoms with Crippen LogP contribution in [0, 0.1) is 5.92 Å². The lowest BCUT2D eigenvalue weighted by atomic mass is 10.0. The molecule has 0 saturated heterocycles. The molecule has 2 aromatic rings. The molecule has 1 atom stereocenters. The molecule has 0 aliphatic rings. The molecule has 1 aromatic carbocycles. The molecule has 0 bridgehead atoms. The van der Waals surface area contributed by atoms with E-state index >= 15 is 0 Å². The van der Waals surface area contributed by atoms with E-state index in [1.165, 1.54) is 29.1 Å². The van der Waals surface area contributed by atoms with E-state index in [2.05, 4.69) is 29.2 Å². The molecule has 0 spiro atoms. The van der Waals surface area contributed by atoms with Crippen LogP contribution in [0.3, 0.4) is 0 Å². The summed E-state index contributed by atoms with van der Waals surface area (Å²) in [5, 5.41) is 8.62. The van der Waals surface area contributed by atoms with Gasteiger partial charge in [-0.1, -0.05) is 19.9 Å². The van der Waals surface area contributed by atoms with E-state index in [9.17, 15) is 13.2 Å². The fourth-order valence-electron chi connectivity index (χ4n) is 2.08. The molecule has 2 N–H and O–H groups in total. The van der Waals surface area contributed by atoms with Crippen LogP contribution in [0.1, 0.15) is 24.8 Å². The van der Waals surface area contributed by atoms with Crippen molar-refractivity contribution in [1.82, 2.24) is 5.32 Å². The van der Waals surface area contributed by atoms with Gasteiger partial charge in [0.05, 0.1) is 6.04 Å². The van der Waals surface area contributed by atoms with E-state index in [4.69, 9.17) is 12.2 Å². The second-order valence-electron chi connectivity index (χ2n) is 5.41. The topological polar surface area (TPSA) is 33.3 Å². The smallest absolute Gasteiger partial charge is 0.406 e. The van der Waals surface area contributed by atoms with Crippen LogP contribution in [0.4, 0.5) is 18.9 Å². The number of nitrogens with one attached hydrogen (secondary N) is 2. The Hall–Kier alpha value is -1.80. The maximum atomic E-state index is 12.1. The maximum absolute atomic E-state index is 12.1. The van der Waals surface area contributed by atoms with Crippen molar-refractivity contribution < 1.29 is 17.9 Å². The van der Waals surface area contributed by atoms with Gasteiger partial charge in [-0.2, -0.15) is 0 Å². The first-order valence-corrected chi connectivity index (χ1v) is 8.50. The molecule has 0 fully saturated rings. The Kier molecular flexibility index (Phi) is 6.06. The average Bonchev–Trinajstić information content (AvgIpc) is 2.99. The fraction of sp³-hybridized carbons (Fsp3) is 0.312. The summed E-state index contributed by atoms with van der Waals surface area (Å²) in [6.45, 7) is 4.17. The summed E-state index contributed by atoms with van der Waals surface area (Å²) in [4.78, 5) is 1.17. The highest BCUT2D eigenvalue weighted by atomic mass is 32.1. The lowest BCUT2D eigenvalue weighted by molar-refractivity contribution is -0.274. The Bertz CT molecular complexity index is 655. The van der Waals surface area contributed by atoms with Gasteiger partial charge in [0.2, 0.25) is 0 Å². The molecule has 8 heteroatoms. The van der Waals surface area contributed by atoms with Crippen LogP contribution in [0.2, 0.25) is 0 Å². The van der Waals surface area contributed by atoms with Crippen molar-refractivity contribution in [1.29, 1.82) is 0 Å².